The zero-order chi connectivity index (χ0) is 19.0. The Balaban J connectivity index is 1.68. The number of fused-ring (bicyclic) bond motifs is 1. The van der Waals surface area contributed by atoms with Crippen LogP contribution in [-0.2, 0) is 6.54 Å². The fraction of sp³-hybridized carbons (Fsp3) is 0.150. The van der Waals surface area contributed by atoms with E-state index in [0.29, 0.717) is 17.1 Å². The average Bonchev–Trinajstić information content (AvgIpc) is 2.68. The minimum absolute atomic E-state index is 0.0769. The third kappa shape index (κ3) is 3.36. The van der Waals surface area contributed by atoms with Gasteiger partial charge in [0.2, 0.25) is 0 Å². The van der Waals surface area contributed by atoms with Crippen LogP contribution in [-0.4, -0.2) is 21.0 Å². The van der Waals surface area contributed by atoms with Crippen molar-refractivity contribution in [2.45, 2.75) is 19.5 Å². The maximum atomic E-state index is 13.8. The van der Waals surface area contributed by atoms with Crippen molar-refractivity contribution in [3.63, 3.8) is 0 Å². The van der Waals surface area contributed by atoms with E-state index in [1.807, 2.05) is 13.0 Å². The summed E-state index contributed by atoms with van der Waals surface area (Å²) in [5, 5.41) is 0.0769. The lowest BCUT2D eigenvalue weighted by atomic mass is 9.97. The molecule has 0 saturated heterocycles. The lowest BCUT2D eigenvalue weighted by Gasteiger charge is -2.33. The van der Waals surface area contributed by atoms with Crippen molar-refractivity contribution in [2.24, 2.45) is 0 Å². The Morgan fingerprint density at radius 1 is 1.15 bits per heavy atom. The Bertz CT molecular complexity index is 1010. The molecule has 1 aromatic heterocycles. The Morgan fingerprint density at radius 3 is 2.59 bits per heavy atom. The van der Waals surface area contributed by atoms with E-state index in [1.54, 1.807) is 41.6 Å². The maximum Gasteiger partial charge on any atom is 0.416 e. The third-order valence-corrected chi connectivity index (χ3v) is 4.85. The molecule has 0 spiro atoms. The second-order valence-corrected chi connectivity index (χ2v) is 6.63. The summed E-state index contributed by atoms with van der Waals surface area (Å²) in [5.41, 5.74) is 2.34. The van der Waals surface area contributed by atoms with Gasteiger partial charge >= 0.3 is 6.09 Å². The molecule has 0 aliphatic carbocycles. The number of ether oxygens (including phenoxy) is 1. The van der Waals surface area contributed by atoms with E-state index in [2.05, 4.69) is 9.97 Å². The van der Waals surface area contributed by atoms with Crippen LogP contribution in [0.15, 0.2) is 54.9 Å². The quantitative estimate of drug-likeness (QED) is 0.637. The molecule has 0 radical (unpaired) electrons. The van der Waals surface area contributed by atoms with E-state index < -0.39 is 11.9 Å². The van der Waals surface area contributed by atoms with E-state index in [1.165, 1.54) is 12.1 Å². The van der Waals surface area contributed by atoms with Gasteiger partial charge in [-0.15, -0.1) is 0 Å². The number of hydrogen-bond donors (Lipinski definition) is 0. The zero-order valence-electron chi connectivity index (χ0n) is 14.4. The molecule has 2 heterocycles. The molecule has 3 aromatic rings. The second kappa shape index (κ2) is 6.96. The number of hydrogen-bond acceptors (Lipinski definition) is 4. The molecule has 0 saturated carbocycles. The first-order valence-corrected chi connectivity index (χ1v) is 8.74. The number of carbonyl (C=O) groups excluding carboxylic acids is 1. The van der Waals surface area contributed by atoms with Crippen molar-refractivity contribution >= 4 is 17.7 Å². The Morgan fingerprint density at radius 2 is 1.85 bits per heavy atom. The van der Waals surface area contributed by atoms with Crippen LogP contribution in [0.4, 0.5) is 9.18 Å². The summed E-state index contributed by atoms with van der Waals surface area (Å²) >= 11 is 5.77. The fourth-order valence-electron chi connectivity index (χ4n) is 3.07. The molecule has 1 amide bonds. The minimum Gasteiger partial charge on any atom is -0.410 e. The molecule has 2 aromatic carbocycles. The predicted octanol–water partition coefficient (Wildman–Crippen LogP) is 5.01. The van der Waals surface area contributed by atoms with Crippen LogP contribution < -0.4 is 4.74 Å². The normalized spacial score (nSPS) is 16.0. The number of aromatic nitrogens is 2. The van der Waals surface area contributed by atoms with E-state index in [9.17, 15) is 9.18 Å². The van der Waals surface area contributed by atoms with Gasteiger partial charge < -0.3 is 4.74 Å². The minimum atomic E-state index is -0.478. The summed E-state index contributed by atoms with van der Waals surface area (Å²) in [6.07, 6.45) is 2.81. The first kappa shape index (κ1) is 17.4. The van der Waals surface area contributed by atoms with Crippen LogP contribution in [0.2, 0.25) is 5.02 Å². The smallest absolute Gasteiger partial charge is 0.410 e. The highest BCUT2D eigenvalue weighted by atomic mass is 35.5. The van der Waals surface area contributed by atoms with Crippen molar-refractivity contribution in [1.82, 2.24) is 14.9 Å². The molecule has 4 rings (SSSR count). The number of rotatable bonds is 3. The lowest BCUT2D eigenvalue weighted by molar-refractivity contribution is 0.115. The van der Waals surface area contributed by atoms with Crippen molar-refractivity contribution in [2.75, 3.05) is 0 Å². The highest BCUT2D eigenvalue weighted by Crippen LogP contribution is 2.38. The molecule has 1 aliphatic heterocycles. The molecule has 5 nitrogen and oxygen atoms in total. The Kier molecular flexibility index (Phi) is 4.49. The van der Waals surface area contributed by atoms with E-state index in [0.717, 1.165) is 11.1 Å². The summed E-state index contributed by atoms with van der Waals surface area (Å²) in [4.78, 5) is 22.3. The third-order valence-electron chi connectivity index (χ3n) is 4.54. The molecule has 0 N–H and O–H groups in total. The fourth-order valence-corrected chi connectivity index (χ4v) is 3.18. The van der Waals surface area contributed by atoms with Gasteiger partial charge in [-0.1, -0.05) is 23.7 Å². The van der Waals surface area contributed by atoms with Gasteiger partial charge in [0, 0.05) is 18.0 Å². The summed E-state index contributed by atoms with van der Waals surface area (Å²) in [6, 6.07) is 11.5. The summed E-state index contributed by atoms with van der Waals surface area (Å²) in [7, 11) is 0. The van der Waals surface area contributed by atoms with Gasteiger partial charge in [-0.05, 0) is 48.4 Å². The number of nitrogens with zero attached hydrogens (tertiary/aromatic N) is 3. The number of amides is 1. The standard InChI is InChI=1S/C20H15ClFN3O2/c1-12-15-9-13(14-3-5-16(21)17(22)10-14)4-6-18(15)27-20(26)25(12)11-19-23-7-2-8-24-19/h2-10,12H,11H2,1H3. The van der Waals surface area contributed by atoms with Crippen LogP contribution in [0.1, 0.15) is 24.4 Å². The molecule has 27 heavy (non-hydrogen) atoms. The molecule has 1 aliphatic rings. The average molecular weight is 384 g/mol. The second-order valence-electron chi connectivity index (χ2n) is 6.22. The molecule has 0 bridgehead atoms. The Labute approximate surface area is 160 Å². The van der Waals surface area contributed by atoms with E-state index in [-0.39, 0.29) is 17.6 Å². The van der Waals surface area contributed by atoms with Gasteiger partial charge in [-0.3, -0.25) is 4.90 Å². The molecule has 0 fully saturated rings. The van der Waals surface area contributed by atoms with Crippen LogP contribution in [0.3, 0.4) is 0 Å². The number of benzene rings is 2. The van der Waals surface area contributed by atoms with Gasteiger partial charge in [0.15, 0.2) is 0 Å². The molecule has 1 atom stereocenters. The van der Waals surface area contributed by atoms with Crippen LogP contribution in [0.5, 0.6) is 5.75 Å². The highest BCUT2D eigenvalue weighted by Gasteiger charge is 2.32. The molecule has 136 valence electrons. The van der Waals surface area contributed by atoms with Crippen LogP contribution >= 0.6 is 11.6 Å². The van der Waals surface area contributed by atoms with Gasteiger partial charge in [-0.2, -0.15) is 0 Å². The Hall–Kier alpha value is -2.99. The summed E-state index contributed by atoms with van der Waals surface area (Å²) < 4.78 is 19.3. The summed E-state index contributed by atoms with van der Waals surface area (Å²) in [5.74, 6) is 0.547. The van der Waals surface area contributed by atoms with E-state index >= 15 is 0 Å². The van der Waals surface area contributed by atoms with Crippen molar-refractivity contribution < 1.29 is 13.9 Å². The van der Waals surface area contributed by atoms with Gasteiger partial charge in [-0.25, -0.2) is 19.2 Å². The van der Waals surface area contributed by atoms with E-state index in [4.69, 9.17) is 16.3 Å². The monoisotopic (exact) mass is 383 g/mol. The lowest BCUT2D eigenvalue weighted by Crippen LogP contribution is -2.39. The first-order chi connectivity index (χ1) is 13.0. The van der Waals surface area contributed by atoms with Gasteiger partial charge in [0.25, 0.3) is 0 Å². The SMILES string of the molecule is CC1c2cc(-c3ccc(Cl)c(F)c3)ccc2OC(=O)N1Cc1ncccn1. The van der Waals surface area contributed by atoms with Crippen molar-refractivity contribution in [1.29, 1.82) is 0 Å². The molecular formula is C20H15ClFN3O2. The molecule has 7 heteroatoms. The van der Waals surface area contributed by atoms with Crippen LogP contribution in [0.25, 0.3) is 11.1 Å². The zero-order valence-corrected chi connectivity index (χ0v) is 15.2. The van der Waals surface area contributed by atoms with Crippen LogP contribution in [0, 0.1) is 5.82 Å². The molecule has 1 unspecified atom stereocenters. The highest BCUT2D eigenvalue weighted by molar-refractivity contribution is 6.30. The number of carbonyl (C=O) groups is 1. The maximum absolute atomic E-state index is 13.8. The molecular weight excluding hydrogens is 369 g/mol. The van der Waals surface area contributed by atoms with Gasteiger partial charge in [0.1, 0.15) is 17.4 Å². The summed E-state index contributed by atoms with van der Waals surface area (Å²) in [6.45, 7) is 2.15. The van der Waals surface area contributed by atoms with Crippen molar-refractivity contribution in [3.8, 4) is 16.9 Å². The predicted molar refractivity (Wildman–Crippen MR) is 98.9 cm³/mol. The first-order valence-electron chi connectivity index (χ1n) is 8.36. The largest absolute Gasteiger partial charge is 0.416 e. The topological polar surface area (TPSA) is 55.3 Å². The number of halogens is 2. The van der Waals surface area contributed by atoms with Gasteiger partial charge in [0.05, 0.1) is 17.6 Å². The van der Waals surface area contributed by atoms with Crippen molar-refractivity contribution in [3.05, 3.63) is 77.1 Å².